The quantitative estimate of drug-likeness (QED) is 0.753. The summed E-state index contributed by atoms with van der Waals surface area (Å²) < 4.78 is 0. The molecule has 3 N–H and O–H groups in total. The first-order chi connectivity index (χ1) is 10.3. The molecular formula is C16H14O6. The summed E-state index contributed by atoms with van der Waals surface area (Å²) in [4.78, 5) is 33.9. The normalized spacial score (nSPS) is 11.3. The largest absolute Gasteiger partial charge is 0.481 e. The number of hydrogen-bond acceptors (Lipinski definition) is 3. The van der Waals surface area contributed by atoms with Crippen molar-refractivity contribution in [1.29, 1.82) is 0 Å². The van der Waals surface area contributed by atoms with Crippen LogP contribution in [0.4, 0.5) is 0 Å². The van der Waals surface area contributed by atoms with Crippen LogP contribution in [0.5, 0.6) is 0 Å². The van der Waals surface area contributed by atoms with E-state index in [2.05, 4.69) is 0 Å². The van der Waals surface area contributed by atoms with Crippen LogP contribution in [0.2, 0.25) is 0 Å². The molecule has 2 aromatic carbocycles. The van der Waals surface area contributed by atoms with E-state index in [1.807, 2.05) is 12.1 Å². The van der Waals surface area contributed by atoms with Gasteiger partial charge in [0.15, 0.2) is 0 Å². The lowest BCUT2D eigenvalue weighted by atomic mass is 9.74. The molecule has 0 spiro atoms. The summed E-state index contributed by atoms with van der Waals surface area (Å²) in [5.74, 6) is -4.19. The first-order valence-electron chi connectivity index (χ1n) is 6.51. The monoisotopic (exact) mass is 302 g/mol. The number of benzene rings is 2. The number of fused-ring (bicyclic) bond motifs is 1. The minimum absolute atomic E-state index is 0.170. The van der Waals surface area contributed by atoms with E-state index < -0.39 is 36.2 Å². The number of carboxylic acid groups (broad SMARTS) is 3. The first-order valence-corrected chi connectivity index (χ1v) is 6.51. The highest BCUT2D eigenvalue weighted by molar-refractivity contribution is 5.93. The van der Waals surface area contributed by atoms with Crippen LogP contribution in [0.15, 0.2) is 42.5 Å². The van der Waals surface area contributed by atoms with Crippen molar-refractivity contribution < 1.29 is 29.7 Å². The van der Waals surface area contributed by atoms with Crippen LogP contribution in [0.1, 0.15) is 18.4 Å². The van der Waals surface area contributed by atoms with Crippen LogP contribution < -0.4 is 0 Å². The van der Waals surface area contributed by atoms with Crippen molar-refractivity contribution in [3.8, 4) is 0 Å². The van der Waals surface area contributed by atoms with E-state index in [0.29, 0.717) is 0 Å². The minimum atomic E-state index is -2.00. The second kappa shape index (κ2) is 5.85. The summed E-state index contributed by atoms with van der Waals surface area (Å²) in [5, 5.41) is 29.2. The lowest BCUT2D eigenvalue weighted by Gasteiger charge is -2.27. The Morgan fingerprint density at radius 1 is 0.818 bits per heavy atom. The highest BCUT2D eigenvalue weighted by Crippen LogP contribution is 2.34. The molecule has 0 amide bonds. The Balaban J connectivity index is 2.65. The molecule has 0 aliphatic rings. The van der Waals surface area contributed by atoms with Crippen molar-refractivity contribution in [2.45, 2.75) is 18.3 Å². The highest BCUT2D eigenvalue weighted by atomic mass is 16.4. The van der Waals surface area contributed by atoms with Gasteiger partial charge >= 0.3 is 17.9 Å². The standard InChI is InChI=1S/C16H14O6/c17-13(18)8-16(15(21)22,9-14(19)20)12-6-5-10-3-1-2-4-11(10)7-12/h1-7H,8-9H2,(H,17,18)(H,19,20)(H,21,22). The molecule has 6 heteroatoms. The van der Waals surface area contributed by atoms with Gasteiger partial charge in [-0.3, -0.25) is 14.4 Å². The second-order valence-electron chi connectivity index (χ2n) is 5.09. The van der Waals surface area contributed by atoms with Crippen molar-refractivity contribution in [3.05, 3.63) is 48.0 Å². The summed E-state index contributed by atoms with van der Waals surface area (Å²) in [6.45, 7) is 0. The molecule has 0 fully saturated rings. The van der Waals surface area contributed by atoms with Crippen molar-refractivity contribution in [3.63, 3.8) is 0 Å². The second-order valence-corrected chi connectivity index (χ2v) is 5.09. The van der Waals surface area contributed by atoms with E-state index in [1.54, 1.807) is 18.2 Å². The highest BCUT2D eigenvalue weighted by Gasteiger charge is 2.44. The molecule has 2 aromatic rings. The Hall–Kier alpha value is -2.89. The molecule has 2 rings (SSSR count). The van der Waals surface area contributed by atoms with Gasteiger partial charge in [0.1, 0.15) is 5.41 Å². The Labute approximate surface area is 125 Å². The van der Waals surface area contributed by atoms with Crippen molar-refractivity contribution in [2.24, 2.45) is 0 Å². The molecule has 0 aliphatic heterocycles. The van der Waals surface area contributed by atoms with Crippen molar-refractivity contribution >= 4 is 28.7 Å². The van der Waals surface area contributed by atoms with Gasteiger partial charge in [-0.15, -0.1) is 0 Å². The van der Waals surface area contributed by atoms with E-state index in [4.69, 9.17) is 10.2 Å². The molecule has 0 unspecified atom stereocenters. The summed E-state index contributed by atoms with van der Waals surface area (Å²) >= 11 is 0. The first kappa shape index (κ1) is 15.5. The molecule has 0 atom stereocenters. The average molecular weight is 302 g/mol. The maximum absolute atomic E-state index is 11.7. The molecule has 114 valence electrons. The summed E-state index contributed by atoms with van der Waals surface area (Å²) in [7, 11) is 0. The van der Waals surface area contributed by atoms with Crippen LogP contribution in [0.3, 0.4) is 0 Å². The predicted octanol–water partition coefficient (Wildman–Crippen LogP) is 2.11. The molecule has 0 heterocycles. The van der Waals surface area contributed by atoms with E-state index in [0.717, 1.165) is 10.8 Å². The number of aliphatic carboxylic acids is 3. The Morgan fingerprint density at radius 3 is 1.86 bits per heavy atom. The maximum Gasteiger partial charge on any atom is 0.315 e. The fourth-order valence-corrected chi connectivity index (χ4v) is 2.54. The lowest BCUT2D eigenvalue weighted by Crippen LogP contribution is -2.40. The molecule has 0 saturated carbocycles. The van der Waals surface area contributed by atoms with Crippen LogP contribution in [0.25, 0.3) is 10.8 Å². The molecule has 0 aliphatic carbocycles. The van der Waals surface area contributed by atoms with Gasteiger partial charge in [0, 0.05) is 0 Å². The summed E-state index contributed by atoms with van der Waals surface area (Å²) in [6, 6.07) is 11.8. The predicted molar refractivity (Wildman–Crippen MR) is 77.8 cm³/mol. The molecule has 22 heavy (non-hydrogen) atoms. The maximum atomic E-state index is 11.7. The smallest absolute Gasteiger partial charge is 0.315 e. The molecular weight excluding hydrogens is 288 g/mol. The van der Waals surface area contributed by atoms with E-state index in [1.165, 1.54) is 12.1 Å². The zero-order chi connectivity index (χ0) is 16.3. The third-order valence-electron chi connectivity index (χ3n) is 3.62. The molecule has 0 bridgehead atoms. The van der Waals surface area contributed by atoms with Gasteiger partial charge in [0.2, 0.25) is 0 Å². The molecule has 0 saturated heterocycles. The van der Waals surface area contributed by atoms with Gasteiger partial charge in [-0.2, -0.15) is 0 Å². The Kier molecular flexibility index (Phi) is 4.12. The van der Waals surface area contributed by atoms with Crippen LogP contribution in [-0.2, 0) is 19.8 Å². The van der Waals surface area contributed by atoms with Crippen molar-refractivity contribution in [2.75, 3.05) is 0 Å². The van der Waals surface area contributed by atoms with Crippen LogP contribution >= 0.6 is 0 Å². The lowest BCUT2D eigenvalue weighted by molar-refractivity contribution is -0.154. The minimum Gasteiger partial charge on any atom is -0.481 e. The van der Waals surface area contributed by atoms with Gasteiger partial charge < -0.3 is 15.3 Å². The number of carbonyl (C=O) groups is 3. The average Bonchev–Trinajstić information content (AvgIpc) is 2.44. The summed E-state index contributed by atoms with van der Waals surface area (Å²) in [6.07, 6.45) is -1.60. The van der Waals surface area contributed by atoms with Crippen LogP contribution in [0, 0.1) is 0 Å². The van der Waals surface area contributed by atoms with E-state index in [-0.39, 0.29) is 5.56 Å². The molecule has 0 aromatic heterocycles. The number of carboxylic acids is 3. The van der Waals surface area contributed by atoms with E-state index >= 15 is 0 Å². The molecule has 0 radical (unpaired) electrons. The SMILES string of the molecule is O=C(O)CC(CC(=O)O)(C(=O)O)c1ccc2ccccc2c1. The number of rotatable bonds is 6. The van der Waals surface area contributed by atoms with Gasteiger partial charge in [-0.25, -0.2) is 0 Å². The summed E-state index contributed by atoms with van der Waals surface area (Å²) in [5.41, 5.74) is -1.83. The zero-order valence-corrected chi connectivity index (χ0v) is 11.5. The Morgan fingerprint density at radius 2 is 1.36 bits per heavy atom. The molecule has 6 nitrogen and oxygen atoms in total. The van der Waals surface area contributed by atoms with E-state index in [9.17, 15) is 19.5 Å². The third kappa shape index (κ3) is 2.90. The fourth-order valence-electron chi connectivity index (χ4n) is 2.54. The zero-order valence-electron chi connectivity index (χ0n) is 11.5. The van der Waals surface area contributed by atoms with Gasteiger partial charge in [-0.1, -0.05) is 36.4 Å². The van der Waals surface area contributed by atoms with Gasteiger partial charge in [0.25, 0.3) is 0 Å². The van der Waals surface area contributed by atoms with Crippen LogP contribution in [-0.4, -0.2) is 33.2 Å². The topological polar surface area (TPSA) is 112 Å². The van der Waals surface area contributed by atoms with Crippen molar-refractivity contribution in [1.82, 2.24) is 0 Å². The Bertz CT molecular complexity index is 733. The van der Waals surface area contributed by atoms with Gasteiger partial charge in [-0.05, 0) is 22.4 Å². The van der Waals surface area contributed by atoms with Gasteiger partial charge in [0.05, 0.1) is 12.8 Å². The third-order valence-corrected chi connectivity index (χ3v) is 3.62. The fraction of sp³-hybridized carbons (Fsp3) is 0.188. The number of hydrogen-bond donors (Lipinski definition) is 3.